The van der Waals surface area contributed by atoms with Gasteiger partial charge in [-0.05, 0) is 26.2 Å². The maximum atomic E-state index is 11.2. The van der Waals surface area contributed by atoms with Gasteiger partial charge in [0, 0.05) is 32.6 Å². The minimum absolute atomic E-state index is 0.0121. The van der Waals surface area contributed by atoms with Gasteiger partial charge in [0.1, 0.15) is 0 Å². The molecule has 0 saturated heterocycles. The standard InChI is InChI=1S/C11H21NO4/c1-2-16-9-5-8-12-10(13)6-3-4-7-11(14)15/h2-9H2,1H3,(H,12,13)(H,14,15). The highest BCUT2D eigenvalue weighted by atomic mass is 16.5. The lowest BCUT2D eigenvalue weighted by atomic mass is 10.2. The van der Waals surface area contributed by atoms with E-state index < -0.39 is 5.97 Å². The maximum Gasteiger partial charge on any atom is 0.303 e. The second-order valence-electron chi connectivity index (χ2n) is 3.50. The summed E-state index contributed by atoms with van der Waals surface area (Å²) in [5, 5.41) is 11.2. The summed E-state index contributed by atoms with van der Waals surface area (Å²) in [6.07, 6.45) is 2.54. The smallest absolute Gasteiger partial charge is 0.303 e. The van der Waals surface area contributed by atoms with Gasteiger partial charge in [-0.1, -0.05) is 0 Å². The molecule has 0 fully saturated rings. The normalized spacial score (nSPS) is 10.1. The van der Waals surface area contributed by atoms with E-state index in [-0.39, 0.29) is 12.3 Å². The van der Waals surface area contributed by atoms with Crippen molar-refractivity contribution in [2.75, 3.05) is 19.8 Å². The number of aliphatic carboxylic acids is 1. The summed E-state index contributed by atoms with van der Waals surface area (Å²) in [7, 11) is 0. The number of carbonyl (C=O) groups is 2. The van der Waals surface area contributed by atoms with Crippen molar-refractivity contribution in [1.82, 2.24) is 5.32 Å². The Hall–Kier alpha value is -1.10. The van der Waals surface area contributed by atoms with Gasteiger partial charge in [0.2, 0.25) is 5.91 Å². The molecule has 0 aromatic heterocycles. The number of carbonyl (C=O) groups excluding carboxylic acids is 1. The number of hydrogen-bond donors (Lipinski definition) is 2. The molecule has 0 aliphatic rings. The molecule has 5 heteroatoms. The molecule has 0 heterocycles. The van der Waals surface area contributed by atoms with Crippen molar-refractivity contribution in [3.8, 4) is 0 Å². The van der Waals surface area contributed by atoms with Crippen molar-refractivity contribution in [3.05, 3.63) is 0 Å². The first kappa shape index (κ1) is 14.9. The first-order valence-corrected chi connectivity index (χ1v) is 5.73. The minimum Gasteiger partial charge on any atom is -0.481 e. The van der Waals surface area contributed by atoms with Crippen molar-refractivity contribution in [2.24, 2.45) is 0 Å². The molecule has 0 aromatic carbocycles. The lowest BCUT2D eigenvalue weighted by molar-refractivity contribution is -0.137. The van der Waals surface area contributed by atoms with Gasteiger partial charge in [-0.2, -0.15) is 0 Å². The third kappa shape index (κ3) is 11.0. The number of carboxylic acids is 1. The predicted octanol–water partition coefficient (Wildman–Crippen LogP) is 1.17. The van der Waals surface area contributed by atoms with E-state index in [0.717, 1.165) is 6.42 Å². The Morgan fingerprint density at radius 2 is 1.88 bits per heavy atom. The van der Waals surface area contributed by atoms with Crippen LogP contribution in [0.2, 0.25) is 0 Å². The van der Waals surface area contributed by atoms with Crippen LogP contribution in [0.15, 0.2) is 0 Å². The highest BCUT2D eigenvalue weighted by Gasteiger charge is 2.02. The van der Waals surface area contributed by atoms with Crippen LogP contribution >= 0.6 is 0 Å². The van der Waals surface area contributed by atoms with E-state index in [4.69, 9.17) is 9.84 Å². The van der Waals surface area contributed by atoms with E-state index in [1.807, 2.05) is 6.92 Å². The molecule has 2 N–H and O–H groups in total. The summed E-state index contributed by atoms with van der Waals surface area (Å²) >= 11 is 0. The first-order valence-electron chi connectivity index (χ1n) is 5.73. The number of amides is 1. The van der Waals surface area contributed by atoms with Crippen molar-refractivity contribution in [3.63, 3.8) is 0 Å². The van der Waals surface area contributed by atoms with Gasteiger partial charge in [0.25, 0.3) is 0 Å². The Balaban J connectivity index is 3.21. The number of rotatable bonds is 10. The van der Waals surface area contributed by atoms with Gasteiger partial charge in [0.05, 0.1) is 0 Å². The van der Waals surface area contributed by atoms with Crippen molar-refractivity contribution in [1.29, 1.82) is 0 Å². The Kier molecular flexibility index (Phi) is 9.70. The monoisotopic (exact) mass is 231 g/mol. The fourth-order valence-corrected chi connectivity index (χ4v) is 1.20. The molecule has 0 aromatic rings. The van der Waals surface area contributed by atoms with Gasteiger partial charge >= 0.3 is 5.97 Å². The zero-order valence-corrected chi connectivity index (χ0v) is 9.83. The molecule has 0 unspecified atom stereocenters. The van der Waals surface area contributed by atoms with Crippen LogP contribution < -0.4 is 5.32 Å². The van der Waals surface area contributed by atoms with E-state index in [1.165, 1.54) is 0 Å². The molecule has 0 rings (SSSR count). The summed E-state index contributed by atoms with van der Waals surface area (Å²) < 4.78 is 5.12. The SMILES string of the molecule is CCOCCCNC(=O)CCCCC(=O)O. The molecule has 0 spiro atoms. The van der Waals surface area contributed by atoms with Crippen LogP contribution in [0.5, 0.6) is 0 Å². The van der Waals surface area contributed by atoms with Crippen molar-refractivity contribution in [2.45, 2.75) is 39.0 Å². The van der Waals surface area contributed by atoms with Crippen molar-refractivity contribution >= 4 is 11.9 Å². The Labute approximate surface area is 96.2 Å². The molecule has 0 bridgehead atoms. The minimum atomic E-state index is -0.808. The second-order valence-corrected chi connectivity index (χ2v) is 3.50. The fraction of sp³-hybridized carbons (Fsp3) is 0.818. The molecule has 0 atom stereocenters. The van der Waals surface area contributed by atoms with Crippen LogP contribution in [0.3, 0.4) is 0 Å². The average Bonchev–Trinajstić information content (AvgIpc) is 2.24. The van der Waals surface area contributed by atoms with E-state index in [9.17, 15) is 9.59 Å². The third-order valence-electron chi connectivity index (χ3n) is 2.04. The summed E-state index contributed by atoms with van der Waals surface area (Å²) in [4.78, 5) is 21.4. The van der Waals surface area contributed by atoms with Crippen LogP contribution in [0, 0.1) is 0 Å². The molecular weight excluding hydrogens is 210 g/mol. The number of unbranched alkanes of at least 4 members (excludes halogenated alkanes) is 1. The van der Waals surface area contributed by atoms with E-state index in [2.05, 4.69) is 5.32 Å². The summed E-state index contributed by atoms with van der Waals surface area (Å²) in [5.74, 6) is -0.820. The third-order valence-corrected chi connectivity index (χ3v) is 2.04. The summed E-state index contributed by atoms with van der Waals surface area (Å²) in [6, 6.07) is 0. The van der Waals surface area contributed by atoms with Crippen LogP contribution in [0.25, 0.3) is 0 Å². The van der Waals surface area contributed by atoms with Crippen LogP contribution in [0.1, 0.15) is 39.0 Å². The van der Waals surface area contributed by atoms with Crippen LogP contribution in [0.4, 0.5) is 0 Å². The Morgan fingerprint density at radius 3 is 2.50 bits per heavy atom. The molecule has 0 saturated carbocycles. The molecule has 0 radical (unpaired) electrons. The number of ether oxygens (including phenoxy) is 1. The lowest BCUT2D eigenvalue weighted by Crippen LogP contribution is -2.24. The van der Waals surface area contributed by atoms with Gasteiger partial charge in [-0.3, -0.25) is 9.59 Å². The van der Waals surface area contributed by atoms with E-state index >= 15 is 0 Å². The maximum absolute atomic E-state index is 11.2. The topological polar surface area (TPSA) is 75.6 Å². The molecule has 0 aliphatic carbocycles. The summed E-state index contributed by atoms with van der Waals surface area (Å²) in [6.45, 7) is 3.91. The molecular formula is C11H21NO4. The Bertz CT molecular complexity index is 206. The van der Waals surface area contributed by atoms with Crippen LogP contribution in [-0.4, -0.2) is 36.7 Å². The van der Waals surface area contributed by atoms with Crippen LogP contribution in [-0.2, 0) is 14.3 Å². The first-order chi connectivity index (χ1) is 7.66. The average molecular weight is 231 g/mol. The number of carboxylic acid groups (broad SMARTS) is 1. The van der Waals surface area contributed by atoms with Crippen molar-refractivity contribution < 1.29 is 19.4 Å². The number of hydrogen-bond acceptors (Lipinski definition) is 3. The van der Waals surface area contributed by atoms with Gasteiger partial charge in [-0.25, -0.2) is 0 Å². The van der Waals surface area contributed by atoms with E-state index in [1.54, 1.807) is 0 Å². The molecule has 94 valence electrons. The highest BCUT2D eigenvalue weighted by Crippen LogP contribution is 1.99. The molecule has 0 aliphatic heterocycles. The zero-order valence-electron chi connectivity index (χ0n) is 9.83. The van der Waals surface area contributed by atoms with Gasteiger partial charge < -0.3 is 15.2 Å². The zero-order chi connectivity index (χ0) is 12.2. The number of nitrogens with one attached hydrogen (secondary N) is 1. The lowest BCUT2D eigenvalue weighted by Gasteiger charge is -2.04. The molecule has 1 amide bonds. The molecule has 5 nitrogen and oxygen atoms in total. The second kappa shape index (κ2) is 10.4. The quantitative estimate of drug-likeness (QED) is 0.553. The predicted molar refractivity (Wildman–Crippen MR) is 60.2 cm³/mol. The van der Waals surface area contributed by atoms with E-state index in [0.29, 0.717) is 39.0 Å². The summed E-state index contributed by atoms with van der Waals surface area (Å²) in [5.41, 5.74) is 0. The molecule has 16 heavy (non-hydrogen) atoms. The highest BCUT2D eigenvalue weighted by molar-refractivity contribution is 5.75. The largest absolute Gasteiger partial charge is 0.481 e. The Morgan fingerprint density at radius 1 is 1.19 bits per heavy atom. The fourth-order valence-electron chi connectivity index (χ4n) is 1.20. The van der Waals surface area contributed by atoms with Gasteiger partial charge in [0.15, 0.2) is 0 Å². The van der Waals surface area contributed by atoms with Gasteiger partial charge in [-0.15, -0.1) is 0 Å².